The van der Waals surface area contributed by atoms with Crippen LogP contribution in [0.15, 0.2) is 48.5 Å². The van der Waals surface area contributed by atoms with Crippen molar-refractivity contribution in [2.45, 2.75) is 27.2 Å². The standard InChI is InChI=1S/C23H29N3O4S/c1-4-29-12-13-30-20-7-5-6-17(15-20)22(28)26-23(31)25-19-10-8-18(9-11-19)24-21(27)14-16(2)3/h5-11,15-16H,4,12-14H2,1-3H3,(H,24,27)(H2,25,26,28,31). The van der Waals surface area contributed by atoms with Crippen molar-refractivity contribution in [2.24, 2.45) is 5.92 Å². The van der Waals surface area contributed by atoms with E-state index < -0.39 is 0 Å². The first-order valence-electron chi connectivity index (χ1n) is 10.2. The zero-order chi connectivity index (χ0) is 22.6. The van der Waals surface area contributed by atoms with Crippen molar-refractivity contribution < 1.29 is 19.1 Å². The Labute approximate surface area is 188 Å². The molecule has 7 nitrogen and oxygen atoms in total. The molecule has 166 valence electrons. The van der Waals surface area contributed by atoms with E-state index in [1.807, 2.05) is 20.8 Å². The first-order valence-corrected chi connectivity index (χ1v) is 10.6. The third-order valence-corrected chi connectivity index (χ3v) is 4.25. The summed E-state index contributed by atoms with van der Waals surface area (Å²) < 4.78 is 10.8. The van der Waals surface area contributed by atoms with Gasteiger partial charge in [-0.3, -0.25) is 14.9 Å². The number of hydrogen-bond acceptors (Lipinski definition) is 5. The summed E-state index contributed by atoms with van der Waals surface area (Å²) in [5.74, 6) is 0.513. The number of anilines is 2. The molecule has 2 aromatic rings. The van der Waals surface area contributed by atoms with Gasteiger partial charge in [0.25, 0.3) is 5.91 Å². The number of nitrogens with one attached hydrogen (secondary N) is 3. The monoisotopic (exact) mass is 443 g/mol. The van der Waals surface area contributed by atoms with Crippen LogP contribution < -0.4 is 20.7 Å². The second-order valence-electron chi connectivity index (χ2n) is 7.20. The van der Waals surface area contributed by atoms with Crippen molar-refractivity contribution in [3.63, 3.8) is 0 Å². The Hall–Kier alpha value is -2.97. The Morgan fingerprint density at radius 3 is 2.32 bits per heavy atom. The molecule has 0 atom stereocenters. The summed E-state index contributed by atoms with van der Waals surface area (Å²) in [7, 11) is 0. The molecule has 0 fully saturated rings. The van der Waals surface area contributed by atoms with Gasteiger partial charge in [0.15, 0.2) is 5.11 Å². The average Bonchev–Trinajstić information content (AvgIpc) is 2.72. The van der Waals surface area contributed by atoms with E-state index >= 15 is 0 Å². The van der Waals surface area contributed by atoms with Crippen LogP contribution in [0.1, 0.15) is 37.6 Å². The van der Waals surface area contributed by atoms with Crippen molar-refractivity contribution in [1.29, 1.82) is 0 Å². The molecule has 8 heteroatoms. The van der Waals surface area contributed by atoms with E-state index in [0.29, 0.717) is 54.8 Å². The van der Waals surface area contributed by atoms with Gasteiger partial charge in [-0.25, -0.2) is 0 Å². The van der Waals surface area contributed by atoms with Gasteiger partial charge < -0.3 is 20.1 Å². The fraction of sp³-hybridized carbons (Fsp3) is 0.348. The maximum absolute atomic E-state index is 12.5. The molecule has 0 aliphatic rings. The first-order chi connectivity index (χ1) is 14.9. The van der Waals surface area contributed by atoms with Crippen LogP contribution in [0.2, 0.25) is 0 Å². The lowest BCUT2D eigenvalue weighted by atomic mass is 10.1. The molecule has 2 amide bonds. The van der Waals surface area contributed by atoms with Crippen LogP contribution in [0.25, 0.3) is 0 Å². The number of hydrogen-bond donors (Lipinski definition) is 3. The van der Waals surface area contributed by atoms with E-state index in [4.69, 9.17) is 21.7 Å². The maximum atomic E-state index is 12.5. The van der Waals surface area contributed by atoms with Crippen LogP contribution >= 0.6 is 12.2 Å². The molecule has 0 heterocycles. The van der Waals surface area contributed by atoms with Gasteiger partial charge in [-0.1, -0.05) is 19.9 Å². The molecule has 0 saturated carbocycles. The van der Waals surface area contributed by atoms with Crippen LogP contribution in [0.3, 0.4) is 0 Å². The minimum Gasteiger partial charge on any atom is -0.491 e. The maximum Gasteiger partial charge on any atom is 0.257 e. The second-order valence-corrected chi connectivity index (χ2v) is 7.61. The van der Waals surface area contributed by atoms with Gasteiger partial charge in [0.1, 0.15) is 12.4 Å². The summed E-state index contributed by atoms with van der Waals surface area (Å²) in [6.07, 6.45) is 0.467. The molecule has 0 radical (unpaired) electrons. The zero-order valence-electron chi connectivity index (χ0n) is 18.1. The summed E-state index contributed by atoms with van der Waals surface area (Å²) in [6, 6.07) is 13.9. The Kier molecular flexibility index (Phi) is 9.93. The third kappa shape index (κ3) is 9.15. The normalized spacial score (nSPS) is 10.5. The molecule has 0 spiro atoms. The van der Waals surface area contributed by atoms with Gasteiger partial charge >= 0.3 is 0 Å². The Balaban J connectivity index is 1.85. The van der Waals surface area contributed by atoms with Crippen molar-refractivity contribution in [1.82, 2.24) is 5.32 Å². The lowest BCUT2D eigenvalue weighted by molar-refractivity contribution is -0.116. The van der Waals surface area contributed by atoms with E-state index in [-0.39, 0.29) is 16.9 Å². The van der Waals surface area contributed by atoms with E-state index in [1.165, 1.54) is 0 Å². The number of amides is 2. The summed E-state index contributed by atoms with van der Waals surface area (Å²) in [6.45, 7) is 7.43. The fourth-order valence-corrected chi connectivity index (χ4v) is 2.86. The summed E-state index contributed by atoms with van der Waals surface area (Å²) in [5, 5.41) is 8.62. The molecule has 0 aromatic heterocycles. The van der Waals surface area contributed by atoms with Gasteiger partial charge in [0, 0.05) is 30.0 Å². The van der Waals surface area contributed by atoms with Crippen LogP contribution in [0.5, 0.6) is 5.75 Å². The van der Waals surface area contributed by atoms with Crippen molar-refractivity contribution in [2.75, 3.05) is 30.5 Å². The number of thiocarbonyl (C=S) groups is 1. The molecule has 0 saturated heterocycles. The minimum absolute atomic E-state index is 0.0254. The lowest BCUT2D eigenvalue weighted by Crippen LogP contribution is -2.34. The number of benzene rings is 2. The number of carbonyl (C=O) groups excluding carboxylic acids is 2. The minimum atomic E-state index is -0.342. The second kappa shape index (κ2) is 12.7. The van der Waals surface area contributed by atoms with E-state index in [2.05, 4.69) is 16.0 Å². The molecule has 0 unspecified atom stereocenters. The first kappa shape index (κ1) is 24.3. The summed E-state index contributed by atoms with van der Waals surface area (Å²) in [4.78, 5) is 24.3. The van der Waals surface area contributed by atoms with E-state index in [0.717, 1.165) is 0 Å². The van der Waals surface area contributed by atoms with Crippen LogP contribution in [-0.2, 0) is 9.53 Å². The van der Waals surface area contributed by atoms with E-state index in [1.54, 1.807) is 48.5 Å². The van der Waals surface area contributed by atoms with Crippen LogP contribution in [0, 0.1) is 5.92 Å². The third-order valence-electron chi connectivity index (χ3n) is 4.04. The lowest BCUT2D eigenvalue weighted by Gasteiger charge is -2.12. The van der Waals surface area contributed by atoms with E-state index in [9.17, 15) is 9.59 Å². The largest absolute Gasteiger partial charge is 0.491 e. The Morgan fingerprint density at radius 1 is 1.00 bits per heavy atom. The molecule has 3 N–H and O–H groups in total. The van der Waals surface area contributed by atoms with Crippen molar-refractivity contribution in [3.05, 3.63) is 54.1 Å². The molecular weight excluding hydrogens is 414 g/mol. The summed E-state index contributed by atoms with van der Waals surface area (Å²) in [5.41, 5.74) is 1.83. The highest BCUT2D eigenvalue weighted by Crippen LogP contribution is 2.15. The molecule has 2 rings (SSSR count). The van der Waals surface area contributed by atoms with Gasteiger partial charge in [0.05, 0.1) is 6.61 Å². The van der Waals surface area contributed by atoms with Gasteiger partial charge in [-0.2, -0.15) is 0 Å². The van der Waals surface area contributed by atoms with Gasteiger partial charge in [0.2, 0.25) is 5.91 Å². The topological polar surface area (TPSA) is 88.7 Å². The molecule has 0 aliphatic heterocycles. The molecule has 2 aromatic carbocycles. The van der Waals surface area contributed by atoms with Crippen molar-refractivity contribution >= 4 is 40.5 Å². The highest BCUT2D eigenvalue weighted by molar-refractivity contribution is 7.80. The SMILES string of the molecule is CCOCCOc1cccc(C(=O)NC(=S)Nc2ccc(NC(=O)CC(C)C)cc2)c1. The number of ether oxygens (including phenoxy) is 2. The van der Waals surface area contributed by atoms with Gasteiger partial charge in [-0.05, 0) is 67.5 Å². The predicted molar refractivity (Wildman–Crippen MR) is 127 cm³/mol. The number of rotatable bonds is 10. The molecule has 0 bridgehead atoms. The van der Waals surface area contributed by atoms with Gasteiger partial charge in [-0.15, -0.1) is 0 Å². The number of carbonyl (C=O) groups is 2. The molecular formula is C23H29N3O4S. The smallest absolute Gasteiger partial charge is 0.257 e. The molecule has 0 aliphatic carbocycles. The zero-order valence-corrected chi connectivity index (χ0v) is 18.9. The van der Waals surface area contributed by atoms with Crippen LogP contribution in [0.4, 0.5) is 11.4 Å². The molecule has 31 heavy (non-hydrogen) atoms. The average molecular weight is 444 g/mol. The fourth-order valence-electron chi connectivity index (χ4n) is 2.65. The predicted octanol–water partition coefficient (Wildman–Crippen LogP) is 4.21. The Bertz CT molecular complexity index is 885. The highest BCUT2D eigenvalue weighted by Gasteiger charge is 2.10. The van der Waals surface area contributed by atoms with Crippen molar-refractivity contribution in [3.8, 4) is 5.75 Å². The summed E-state index contributed by atoms with van der Waals surface area (Å²) >= 11 is 5.23. The van der Waals surface area contributed by atoms with Crippen LogP contribution in [-0.4, -0.2) is 36.7 Å². The Morgan fingerprint density at radius 2 is 1.68 bits per heavy atom. The highest BCUT2D eigenvalue weighted by atomic mass is 32.1. The quantitative estimate of drug-likeness (QED) is 0.377.